The number of hydrogen-bond donors (Lipinski definition) is 0. The van der Waals surface area contributed by atoms with Gasteiger partial charge in [-0.2, -0.15) is 0 Å². The first-order chi connectivity index (χ1) is 7.55. The van der Waals surface area contributed by atoms with E-state index in [1.807, 2.05) is 41.5 Å². The molecule has 0 amide bonds. The zero-order chi connectivity index (χ0) is 13.7. The molecule has 0 rings (SSSR count). The van der Waals surface area contributed by atoms with Gasteiger partial charge in [-0.1, -0.05) is 41.5 Å². The molecular formula is C14H26O3. The van der Waals surface area contributed by atoms with E-state index in [1.165, 1.54) is 0 Å². The van der Waals surface area contributed by atoms with Crippen LogP contribution in [0, 0.1) is 10.8 Å². The molecule has 0 saturated heterocycles. The number of hydrogen-bond acceptors (Lipinski definition) is 3. The number of ketones is 2. The summed E-state index contributed by atoms with van der Waals surface area (Å²) in [4.78, 5) is 23.1. The molecule has 0 saturated carbocycles. The van der Waals surface area contributed by atoms with E-state index in [9.17, 15) is 9.59 Å². The van der Waals surface area contributed by atoms with Crippen LogP contribution in [0.2, 0.25) is 0 Å². The summed E-state index contributed by atoms with van der Waals surface area (Å²) in [6.07, 6.45) is 1.21. The highest BCUT2D eigenvalue weighted by Gasteiger charge is 2.22. The van der Waals surface area contributed by atoms with Crippen molar-refractivity contribution in [2.75, 3.05) is 13.2 Å². The molecule has 3 heteroatoms. The molecule has 0 aromatic carbocycles. The second-order valence-corrected chi connectivity index (χ2v) is 6.50. The SMILES string of the molecule is CC(C)(C)C(=O)CCCOCC(=O)C(C)(C)C. The van der Waals surface area contributed by atoms with Gasteiger partial charge in [0.15, 0.2) is 5.78 Å². The first-order valence-corrected chi connectivity index (χ1v) is 6.19. The minimum atomic E-state index is -0.346. The summed E-state index contributed by atoms with van der Waals surface area (Å²) >= 11 is 0. The van der Waals surface area contributed by atoms with E-state index in [1.54, 1.807) is 0 Å². The topological polar surface area (TPSA) is 43.4 Å². The van der Waals surface area contributed by atoms with E-state index in [-0.39, 0.29) is 29.0 Å². The molecule has 0 spiro atoms. The Kier molecular flexibility index (Phi) is 6.03. The third-order valence-corrected chi connectivity index (χ3v) is 2.60. The van der Waals surface area contributed by atoms with Crippen LogP contribution in [0.3, 0.4) is 0 Å². The van der Waals surface area contributed by atoms with Crippen molar-refractivity contribution in [2.24, 2.45) is 10.8 Å². The Balaban J connectivity index is 3.68. The molecule has 0 atom stereocenters. The van der Waals surface area contributed by atoms with Crippen LogP contribution in [0.25, 0.3) is 0 Å². The minimum Gasteiger partial charge on any atom is -0.374 e. The van der Waals surface area contributed by atoms with E-state index in [4.69, 9.17) is 4.74 Å². The molecule has 0 heterocycles. The predicted octanol–water partition coefficient (Wildman–Crippen LogP) is 3.01. The molecule has 0 N–H and O–H groups in total. The van der Waals surface area contributed by atoms with E-state index >= 15 is 0 Å². The standard InChI is InChI=1S/C14H26O3/c1-13(2,3)11(15)8-7-9-17-10-12(16)14(4,5)6/h7-10H2,1-6H3. The third kappa shape index (κ3) is 7.27. The van der Waals surface area contributed by atoms with Crippen LogP contribution < -0.4 is 0 Å². The average Bonchev–Trinajstić information content (AvgIpc) is 2.13. The van der Waals surface area contributed by atoms with Gasteiger partial charge < -0.3 is 4.74 Å². The van der Waals surface area contributed by atoms with Gasteiger partial charge in [0.25, 0.3) is 0 Å². The molecule has 0 bridgehead atoms. The molecule has 0 aromatic rings. The largest absolute Gasteiger partial charge is 0.374 e. The van der Waals surface area contributed by atoms with Crippen molar-refractivity contribution in [1.82, 2.24) is 0 Å². The lowest BCUT2D eigenvalue weighted by atomic mass is 9.88. The summed E-state index contributed by atoms with van der Waals surface area (Å²) in [6.45, 7) is 12.0. The molecule has 0 fully saturated rings. The monoisotopic (exact) mass is 242 g/mol. The summed E-state index contributed by atoms with van der Waals surface area (Å²) in [6, 6.07) is 0. The fourth-order valence-electron chi connectivity index (χ4n) is 1.09. The van der Waals surface area contributed by atoms with Gasteiger partial charge in [-0.15, -0.1) is 0 Å². The first kappa shape index (κ1) is 16.3. The maximum atomic E-state index is 11.6. The third-order valence-electron chi connectivity index (χ3n) is 2.60. The Bertz CT molecular complexity index is 238. The molecule has 17 heavy (non-hydrogen) atoms. The fraction of sp³-hybridized carbons (Fsp3) is 0.857. The zero-order valence-electron chi connectivity index (χ0n) is 12.1. The molecule has 100 valence electrons. The first-order valence-electron chi connectivity index (χ1n) is 6.19. The second kappa shape index (κ2) is 6.29. The molecule has 0 aliphatic carbocycles. The van der Waals surface area contributed by atoms with E-state index in [2.05, 4.69) is 0 Å². The summed E-state index contributed by atoms with van der Waals surface area (Å²) in [5, 5.41) is 0. The van der Waals surface area contributed by atoms with E-state index in [0.717, 1.165) is 0 Å². The number of Topliss-reactive ketones (excluding diaryl/α,β-unsaturated/α-hetero) is 2. The molecule has 0 aliphatic rings. The Labute approximate surface area is 105 Å². The van der Waals surface area contributed by atoms with Crippen molar-refractivity contribution < 1.29 is 14.3 Å². The lowest BCUT2D eigenvalue weighted by molar-refractivity contribution is -0.131. The van der Waals surface area contributed by atoms with Crippen molar-refractivity contribution in [3.05, 3.63) is 0 Å². The Morgan fingerprint density at radius 2 is 1.35 bits per heavy atom. The average molecular weight is 242 g/mol. The van der Waals surface area contributed by atoms with Gasteiger partial charge in [0.05, 0.1) is 0 Å². The smallest absolute Gasteiger partial charge is 0.163 e. The lowest BCUT2D eigenvalue weighted by Gasteiger charge is -2.17. The Hall–Kier alpha value is -0.700. The molecule has 0 radical (unpaired) electrons. The molecule has 0 aliphatic heterocycles. The van der Waals surface area contributed by atoms with Crippen molar-refractivity contribution in [2.45, 2.75) is 54.4 Å². The predicted molar refractivity (Wildman–Crippen MR) is 69.0 cm³/mol. The van der Waals surface area contributed by atoms with Gasteiger partial charge in [0.1, 0.15) is 12.4 Å². The van der Waals surface area contributed by atoms with Gasteiger partial charge in [-0.25, -0.2) is 0 Å². The van der Waals surface area contributed by atoms with E-state index in [0.29, 0.717) is 19.4 Å². The van der Waals surface area contributed by atoms with Gasteiger partial charge in [0, 0.05) is 23.9 Å². The molecule has 0 aromatic heterocycles. The van der Waals surface area contributed by atoms with Crippen LogP contribution in [0.5, 0.6) is 0 Å². The highest BCUT2D eigenvalue weighted by molar-refractivity contribution is 5.84. The number of carbonyl (C=O) groups excluding carboxylic acids is 2. The summed E-state index contributed by atoms with van der Waals surface area (Å²) < 4.78 is 5.28. The fourth-order valence-corrected chi connectivity index (χ4v) is 1.09. The highest BCUT2D eigenvalue weighted by atomic mass is 16.5. The lowest BCUT2D eigenvalue weighted by Crippen LogP contribution is -2.25. The molecule has 3 nitrogen and oxygen atoms in total. The zero-order valence-corrected chi connectivity index (χ0v) is 12.1. The number of ether oxygens (including phenoxy) is 1. The Morgan fingerprint density at radius 1 is 0.882 bits per heavy atom. The van der Waals surface area contributed by atoms with Crippen LogP contribution in [0.1, 0.15) is 54.4 Å². The van der Waals surface area contributed by atoms with Gasteiger partial charge in [-0.05, 0) is 6.42 Å². The summed E-state index contributed by atoms with van der Waals surface area (Å²) in [5.41, 5.74) is -0.623. The quantitative estimate of drug-likeness (QED) is 0.672. The second-order valence-electron chi connectivity index (χ2n) is 6.50. The maximum absolute atomic E-state index is 11.6. The number of rotatable bonds is 6. The van der Waals surface area contributed by atoms with Crippen LogP contribution in [-0.4, -0.2) is 24.8 Å². The van der Waals surface area contributed by atoms with Crippen molar-refractivity contribution in [3.8, 4) is 0 Å². The normalized spacial score (nSPS) is 12.6. The molecular weight excluding hydrogens is 216 g/mol. The Morgan fingerprint density at radius 3 is 1.76 bits per heavy atom. The van der Waals surface area contributed by atoms with Gasteiger partial charge in [0.2, 0.25) is 0 Å². The van der Waals surface area contributed by atoms with Crippen molar-refractivity contribution in [3.63, 3.8) is 0 Å². The van der Waals surface area contributed by atoms with E-state index < -0.39 is 0 Å². The minimum absolute atomic E-state index is 0.0969. The highest BCUT2D eigenvalue weighted by Crippen LogP contribution is 2.18. The number of carbonyl (C=O) groups is 2. The maximum Gasteiger partial charge on any atom is 0.163 e. The van der Waals surface area contributed by atoms with Crippen LogP contribution in [-0.2, 0) is 14.3 Å². The van der Waals surface area contributed by atoms with Crippen molar-refractivity contribution in [1.29, 1.82) is 0 Å². The molecule has 0 unspecified atom stereocenters. The summed E-state index contributed by atoms with van der Waals surface area (Å²) in [5.74, 6) is 0.336. The van der Waals surface area contributed by atoms with Gasteiger partial charge >= 0.3 is 0 Å². The van der Waals surface area contributed by atoms with Gasteiger partial charge in [-0.3, -0.25) is 9.59 Å². The van der Waals surface area contributed by atoms with Crippen LogP contribution in [0.4, 0.5) is 0 Å². The van der Waals surface area contributed by atoms with Crippen LogP contribution in [0.15, 0.2) is 0 Å². The summed E-state index contributed by atoms with van der Waals surface area (Å²) in [7, 11) is 0. The van der Waals surface area contributed by atoms with Crippen molar-refractivity contribution >= 4 is 11.6 Å². The van der Waals surface area contributed by atoms with Crippen LogP contribution >= 0.6 is 0 Å².